The highest BCUT2D eigenvalue weighted by Crippen LogP contribution is 2.38. The van der Waals surface area contributed by atoms with Crippen molar-refractivity contribution in [2.45, 2.75) is 47.7 Å². The molecule has 0 bridgehead atoms. The minimum Gasteiger partial charge on any atom is -0.368 e. The van der Waals surface area contributed by atoms with Crippen molar-refractivity contribution in [2.75, 3.05) is 7.05 Å². The Bertz CT molecular complexity index is 436. The van der Waals surface area contributed by atoms with Crippen molar-refractivity contribution in [3.63, 3.8) is 0 Å². The quantitative estimate of drug-likeness (QED) is 0.872. The first kappa shape index (κ1) is 13.8. The topological polar surface area (TPSA) is 80.9 Å². The predicted molar refractivity (Wildman–Crippen MR) is 73.7 cm³/mol. The van der Waals surface area contributed by atoms with Crippen molar-refractivity contribution in [3.05, 3.63) is 5.82 Å². The van der Waals surface area contributed by atoms with Crippen molar-refractivity contribution < 1.29 is 4.79 Å². The van der Waals surface area contributed by atoms with E-state index >= 15 is 0 Å². The second kappa shape index (κ2) is 5.54. The molecule has 1 aromatic heterocycles. The smallest absolute Gasteiger partial charge is 0.237 e. The zero-order valence-electron chi connectivity index (χ0n) is 10.6. The van der Waals surface area contributed by atoms with Gasteiger partial charge in [0.25, 0.3) is 0 Å². The van der Waals surface area contributed by atoms with E-state index in [-0.39, 0.29) is 5.91 Å². The van der Waals surface area contributed by atoms with E-state index in [9.17, 15) is 4.79 Å². The number of primary amides is 1. The van der Waals surface area contributed by atoms with E-state index in [1.807, 2.05) is 14.0 Å². The molecule has 1 fully saturated rings. The van der Waals surface area contributed by atoms with Crippen LogP contribution in [0.25, 0.3) is 0 Å². The van der Waals surface area contributed by atoms with Gasteiger partial charge in [0.15, 0.2) is 4.34 Å². The third-order valence-corrected chi connectivity index (χ3v) is 5.58. The Labute approximate surface area is 115 Å². The normalized spacial score (nSPS) is 28.2. The maximum atomic E-state index is 11.6. The van der Waals surface area contributed by atoms with Crippen LogP contribution in [0.1, 0.15) is 31.5 Å². The van der Waals surface area contributed by atoms with E-state index in [2.05, 4.69) is 14.7 Å². The largest absolute Gasteiger partial charge is 0.368 e. The number of aromatic nitrogens is 2. The van der Waals surface area contributed by atoms with Gasteiger partial charge in [0.1, 0.15) is 5.82 Å². The molecule has 1 saturated carbocycles. The van der Waals surface area contributed by atoms with Crippen LogP contribution in [0.3, 0.4) is 0 Å². The highest BCUT2D eigenvalue weighted by atomic mass is 32.2. The fourth-order valence-electron chi connectivity index (χ4n) is 2.37. The summed E-state index contributed by atoms with van der Waals surface area (Å²) < 4.78 is 5.16. The summed E-state index contributed by atoms with van der Waals surface area (Å²) in [6, 6.07) is 0. The minimum absolute atomic E-state index is 0.247. The minimum atomic E-state index is -0.546. The highest BCUT2D eigenvalue weighted by Gasteiger charge is 2.40. The Morgan fingerprint density at radius 2 is 2.44 bits per heavy atom. The van der Waals surface area contributed by atoms with Gasteiger partial charge in [-0.3, -0.25) is 4.79 Å². The zero-order valence-corrected chi connectivity index (χ0v) is 12.2. The van der Waals surface area contributed by atoms with Gasteiger partial charge in [-0.05, 0) is 51.2 Å². The fraction of sp³-hybridized carbons (Fsp3) is 0.727. The number of carbonyl (C=O) groups is 1. The first-order valence-electron chi connectivity index (χ1n) is 6.01. The zero-order chi connectivity index (χ0) is 13.2. The van der Waals surface area contributed by atoms with Gasteiger partial charge in [0.2, 0.25) is 5.91 Å². The third-order valence-electron chi connectivity index (χ3n) is 3.43. The number of amides is 1. The van der Waals surface area contributed by atoms with Gasteiger partial charge in [-0.2, -0.15) is 4.37 Å². The molecular formula is C11H18N4OS2. The molecule has 1 heterocycles. The third kappa shape index (κ3) is 2.84. The van der Waals surface area contributed by atoms with Crippen LogP contribution in [-0.2, 0) is 4.79 Å². The number of hydrogen-bond acceptors (Lipinski definition) is 6. The predicted octanol–water partition coefficient (Wildman–Crippen LogP) is 1.32. The van der Waals surface area contributed by atoms with Crippen LogP contribution in [0.5, 0.6) is 0 Å². The summed E-state index contributed by atoms with van der Waals surface area (Å²) in [5.74, 6) is 0.567. The molecule has 1 amide bonds. The number of thioether (sulfide) groups is 1. The molecule has 0 saturated heterocycles. The summed E-state index contributed by atoms with van der Waals surface area (Å²) in [5, 5.41) is 3.50. The molecule has 0 radical (unpaired) electrons. The van der Waals surface area contributed by atoms with E-state index in [1.54, 1.807) is 11.8 Å². The maximum absolute atomic E-state index is 11.6. The number of likely N-dealkylation sites (N-methyl/N-ethyl adjacent to an activating group) is 1. The maximum Gasteiger partial charge on any atom is 0.237 e. The summed E-state index contributed by atoms with van der Waals surface area (Å²) in [7, 11) is 1.81. The molecule has 18 heavy (non-hydrogen) atoms. The lowest BCUT2D eigenvalue weighted by atomic mass is 9.81. The molecule has 1 aliphatic carbocycles. The van der Waals surface area contributed by atoms with Gasteiger partial charge in [-0.25, -0.2) is 4.98 Å². The summed E-state index contributed by atoms with van der Waals surface area (Å²) in [5.41, 5.74) is 4.99. The number of aryl methyl sites for hydroxylation is 1. The molecule has 5 nitrogen and oxygen atoms in total. The van der Waals surface area contributed by atoms with Gasteiger partial charge in [0, 0.05) is 5.25 Å². The van der Waals surface area contributed by atoms with Gasteiger partial charge in [-0.1, -0.05) is 11.8 Å². The number of nitrogens with two attached hydrogens (primary N) is 1. The van der Waals surface area contributed by atoms with E-state index in [0.29, 0.717) is 5.25 Å². The van der Waals surface area contributed by atoms with Crippen molar-refractivity contribution in [1.82, 2.24) is 14.7 Å². The molecular weight excluding hydrogens is 268 g/mol. The number of carbonyl (C=O) groups excluding carboxylic acids is 1. The fourth-order valence-corrected chi connectivity index (χ4v) is 4.61. The van der Waals surface area contributed by atoms with Crippen molar-refractivity contribution in [2.24, 2.45) is 5.73 Å². The number of nitrogens with one attached hydrogen (secondary N) is 1. The van der Waals surface area contributed by atoms with E-state index in [1.165, 1.54) is 11.5 Å². The Morgan fingerprint density at radius 3 is 3.00 bits per heavy atom. The van der Waals surface area contributed by atoms with Crippen LogP contribution < -0.4 is 11.1 Å². The van der Waals surface area contributed by atoms with Gasteiger partial charge >= 0.3 is 0 Å². The molecule has 2 atom stereocenters. The second-order valence-corrected chi connectivity index (χ2v) is 6.94. The van der Waals surface area contributed by atoms with E-state index in [4.69, 9.17) is 5.73 Å². The molecule has 0 spiro atoms. The summed E-state index contributed by atoms with van der Waals surface area (Å²) in [6.07, 6.45) is 3.70. The monoisotopic (exact) mass is 286 g/mol. The van der Waals surface area contributed by atoms with Crippen molar-refractivity contribution in [1.29, 1.82) is 0 Å². The SMILES string of the molecule is CNC1(C(N)=O)CCCC(Sc2nc(C)ns2)C1. The van der Waals surface area contributed by atoms with Crippen molar-refractivity contribution >= 4 is 29.2 Å². The number of nitrogens with zero attached hydrogens (tertiary/aromatic N) is 2. The summed E-state index contributed by atoms with van der Waals surface area (Å²) in [6.45, 7) is 1.89. The molecule has 3 N–H and O–H groups in total. The average Bonchev–Trinajstić information content (AvgIpc) is 2.74. The molecule has 0 aliphatic heterocycles. The molecule has 1 aliphatic rings. The average molecular weight is 286 g/mol. The number of rotatable bonds is 4. The Morgan fingerprint density at radius 1 is 1.67 bits per heavy atom. The Hall–Kier alpha value is -0.660. The lowest BCUT2D eigenvalue weighted by Gasteiger charge is -2.37. The highest BCUT2D eigenvalue weighted by molar-refractivity contribution is 8.01. The molecule has 100 valence electrons. The van der Waals surface area contributed by atoms with Gasteiger partial charge in [-0.15, -0.1) is 0 Å². The second-order valence-electron chi connectivity index (χ2n) is 4.64. The van der Waals surface area contributed by atoms with Crippen LogP contribution in [0.15, 0.2) is 4.34 Å². The lowest BCUT2D eigenvalue weighted by molar-refractivity contribution is -0.125. The molecule has 7 heteroatoms. The van der Waals surface area contributed by atoms with E-state index < -0.39 is 5.54 Å². The first-order valence-corrected chi connectivity index (χ1v) is 7.67. The molecule has 0 aromatic carbocycles. The Balaban J connectivity index is 2.04. The molecule has 1 aromatic rings. The standard InChI is InChI=1S/C11H18N4OS2/c1-7-14-10(18-15-7)17-8-4-3-5-11(6-8,13-2)9(12)16/h8,13H,3-6H2,1-2H3,(H2,12,16). The van der Waals surface area contributed by atoms with Crippen LogP contribution in [0.2, 0.25) is 0 Å². The van der Waals surface area contributed by atoms with Gasteiger partial charge in [0.05, 0.1) is 5.54 Å². The van der Waals surface area contributed by atoms with Crippen LogP contribution >= 0.6 is 23.3 Å². The van der Waals surface area contributed by atoms with Gasteiger partial charge < -0.3 is 11.1 Å². The van der Waals surface area contributed by atoms with Crippen LogP contribution in [0.4, 0.5) is 0 Å². The van der Waals surface area contributed by atoms with Crippen LogP contribution in [0, 0.1) is 6.92 Å². The summed E-state index contributed by atoms with van der Waals surface area (Å²) >= 11 is 3.14. The first-order chi connectivity index (χ1) is 8.55. The number of hydrogen-bond donors (Lipinski definition) is 2. The molecule has 2 unspecified atom stereocenters. The van der Waals surface area contributed by atoms with Crippen molar-refractivity contribution in [3.8, 4) is 0 Å². The van der Waals surface area contributed by atoms with Crippen LogP contribution in [-0.4, -0.2) is 33.1 Å². The van der Waals surface area contributed by atoms with E-state index in [0.717, 1.165) is 35.8 Å². The summed E-state index contributed by atoms with van der Waals surface area (Å²) in [4.78, 5) is 16.0. The molecule has 2 rings (SSSR count). The lowest BCUT2D eigenvalue weighted by Crippen LogP contribution is -2.57. The Kier molecular flexibility index (Phi) is 4.24.